The molecule has 98 valence electrons. The molecule has 5 N–H and O–H groups in total. The molecule has 0 radical (unpaired) electrons. The number of hydroxylamine groups is 1. The number of aromatic hydroxyl groups is 1. The van der Waals surface area contributed by atoms with E-state index in [1.165, 1.54) is 20.4 Å². The summed E-state index contributed by atoms with van der Waals surface area (Å²) in [5.74, 6) is 0.141. The van der Waals surface area contributed by atoms with E-state index in [2.05, 4.69) is 10.2 Å². The number of nitrogens with two attached hydrogens (primary N) is 1. The van der Waals surface area contributed by atoms with Gasteiger partial charge in [-0.1, -0.05) is 0 Å². The van der Waals surface area contributed by atoms with Crippen molar-refractivity contribution in [3.63, 3.8) is 0 Å². The lowest BCUT2D eigenvalue weighted by Crippen LogP contribution is -2.27. The molecule has 0 aliphatic heterocycles. The summed E-state index contributed by atoms with van der Waals surface area (Å²) in [6.45, 7) is 0. The van der Waals surface area contributed by atoms with E-state index in [1.54, 1.807) is 17.6 Å². The fraction of sp³-hybridized carbons (Fsp3) is 0.200. The van der Waals surface area contributed by atoms with Gasteiger partial charge in [0.1, 0.15) is 0 Å². The van der Waals surface area contributed by atoms with Crippen molar-refractivity contribution in [3.05, 3.63) is 17.7 Å². The molecule has 1 aromatic carbocycles. The Kier molecular flexibility index (Phi) is 4.76. The lowest BCUT2D eigenvalue weighted by Gasteiger charge is -2.08. The average molecular weight is 254 g/mol. The summed E-state index contributed by atoms with van der Waals surface area (Å²) in [6.07, 6.45) is 1.36. The summed E-state index contributed by atoms with van der Waals surface area (Å²) in [4.78, 5) is 0. The van der Waals surface area contributed by atoms with E-state index >= 15 is 0 Å². The van der Waals surface area contributed by atoms with Crippen LogP contribution in [-0.2, 0) is 0 Å². The summed E-state index contributed by atoms with van der Waals surface area (Å²) in [7, 11) is 2.84. The number of guanidine groups is 1. The summed E-state index contributed by atoms with van der Waals surface area (Å²) < 4.78 is 9.94. The fourth-order valence-electron chi connectivity index (χ4n) is 1.17. The molecule has 8 heteroatoms. The lowest BCUT2D eigenvalue weighted by molar-refractivity contribution is 0.232. The monoisotopic (exact) mass is 254 g/mol. The first kappa shape index (κ1) is 13.6. The quantitative estimate of drug-likeness (QED) is 0.342. The van der Waals surface area contributed by atoms with Crippen molar-refractivity contribution in [2.24, 2.45) is 15.9 Å². The topological polar surface area (TPSA) is 122 Å². The van der Waals surface area contributed by atoms with Gasteiger partial charge in [-0.25, -0.2) is 5.48 Å². The predicted octanol–water partition coefficient (Wildman–Crippen LogP) is 0.0368. The number of phenolic OH excluding ortho intramolecular Hbond substituents is 1. The molecule has 0 unspecified atom stereocenters. The Hall–Kier alpha value is -2.48. The molecule has 0 heterocycles. The van der Waals surface area contributed by atoms with Crippen LogP contribution in [0.15, 0.2) is 22.3 Å². The normalized spacial score (nSPS) is 11.6. The van der Waals surface area contributed by atoms with E-state index in [4.69, 9.17) is 20.4 Å². The molecule has 0 fully saturated rings. The highest BCUT2D eigenvalue weighted by Crippen LogP contribution is 2.36. The average Bonchev–Trinajstić information content (AvgIpc) is 2.39. The number of rotatable bonds is 4. The molecule has 0 aliphatic carbocycles. The first-order chi connectivity index (χ1) is 8.62. The summed E-state index contributed by atoms with van der Waals surface area (Å²) in [6, 6.07) is 3.08. The highest BCUT2D eigenvalue weighted by atomic mass is 16.5. The summed E-state index contributed by atoms with van der Waals surface area (Å²) in [5, 5.41) is 25.1. The second-order valence-corrected chi connectivity index (χ2v) is 3.12. The van der Waals surface area contributed by atoms with Gasteiger partial charge in [-0.05, 0) is 12.1 Å². The molecule has 0 amide bonds. The Morgan fingerprint density at radius 2 is 1.89 bits per heavy atom. The number of hydrogen-bond donors (Lipinski definition) is 4. The molecule has 1 aromatic rings. The van der Waals surface area contributed by atoms with Crippen LogP contribution in [0.25, 0.3) is 0 Å². The lowest BCUT2D eigenvalue weighted by atomic mass is 10.2. The van der Waals surface area contributed by atoms with Crippen LogP contribution in [0.4, 0.5) is 0 Å². The van der Waals surface area contributed by atoms with Crippen LogP contribution in [0.5, 0.6) is 17.2 Å². The van der Waals surface area contributed by atoms with Crippen LogP contribution in [0, 0.1) is 0 Å². The van der Waals surface area contributed by atoms with Crippen LogP contribution >= 0.6 is 0 Å². The van der Waals surface area contributed by atoms with Crippen LogP contribution in [0.2, 0.25) is 0 Å². The van der Waals surface area contributed by atoms with Crippen molar-refractivity contribution < 1.29 is 19.8 Å². The van der Waals surface area contributed by atoms with Crippen LogP contribution in [-0.4, -0.2) is 36.7 Å². The van der Waals surface area contributed by atoms with Gasteiger partial charge < -0.3 is 20.3 Å². The minimum Gasteiger partial charge on any atom is -0.502 e. The van der Waals surface area contributed by atoms with Gasteiger partial charge >= 0.3 is 0 Å². The minimum absolute atomic E-state index is 0.0998. The molecule has 0 spiro atoms. The number of ether oxygens (including phenoxy) is 2. The van der Waals surface area contributed by atoms with Crippen molar-refractivity contribution in [1.29, 1.82) is 0 Å². The predicted molar refractivity (Wildman–Crippen MR) is 65.3 cm³/mol. The van der Waals surface area contributed by atoms with Crippen LogP contribution in [0.3, 0.4) is 0 Å². The van der Waals surface area contributed by atoms with Gasteiger partial charge in [-0.2, -0.15) is 5.10 Å². The number of methoxy groups -OCH3 is 2. The smallest absolute Gasteiger partial charge is 0.237 e. The van der Waals surface area contributed by atoms with E-state index < -0.39 is 0 Å². The van der Waals surface area contributed by atoms with Gasteiger partial charge in [0, 0.05) is 5.56 Å². The zero-order valence-electron chi connectivity index (χ0n) is 9.91. The van der Waals surface area contributed by atoms with Gasteiger partial charge in [0.2, 0.25) is 11.7 Å². The van der Waals surface area contributed by atoms with Crippen molar-refractivity contribution >= 4 is 12.2 Å². The molecule has 8 nitrogen and oxygen atoms in total. The second-order valence-electron chi connectivity index (χ2n) is 3.12. The van der Waals surface area contributed by atoms with Gasteiger partial charge in [0.05, 0.1) is 20.4 Å². The van der Waals surface area contributed by atoms with Crippen molar-refractivity contribution in [1.82, 2.24) is 5.48 Å². The summed E-state index contributed by atoms with van der Waals surface area (Å²) >= 11 is 0. The maximum Gasteiger partial charge on any atom is 0.237 e. The van der Waals surface area contributed by atoms with Gasteiger partial charge in [0.25, 0.3) is 0 Å². The minimum atomic E-state index is -0.246. The highest BCUT2D eigenvalue weighted by Gasteiger charge is 2.09. The molecule has 0 aromatic heterocycles. The fourth-order valence-corrected chi connectivity index (χ4v) is 1.17. The second kappa shape index (κ2) is 6.30. The van der Waals surface area contributed by atoms with Gasteiger partial charge in [0.15, 0.2) is 11.5 Å². The first-order valence-corrected chi connectivity index (χ1v) is 4.84. The standard InChI is InChI=1S/C10H14N4O4/c1-17-7-3-6(4-8(18-2)9(7)15)5-12-13-10(11)14-16/h3-5,15-16H,1-2H3,(H3,11,13,14). The SMILES string of the molecule is COc1cc(C=NN=C(N)NO)cc(OC)c1O. The van der Waals surface area contributed by atoms with E-state index in [0.717, 1.165) is 0 Å². The highest BCUT2D eigenvalue weighted by molar-refractivity contribution is 5.83. The third kappa shape index (κ3) is 3.25. The number of hydrogen-bond acceptors (Lipinski definition) is 6. The number of nitrogens with one attached hydrogen (secondary N) is 1. The first-order valence-electron chi connectivity index (χ1n) is 4.84. The third-order valence-corrected chi connectivity index (χ3v) is 1.99. The Labute approximate surface area is 103 Å². The molecule has 0 saturated carbocycles. The van der Waals surface area contributed by atoms with Gasteiger partial charge in [-0.3, -0.25) is 5.21 Å². The Bertz CT molecular complexity index is 448. The largest absolute Gasteiger partial charge is 0.502 e. The molecule has 18 heavy (non-hydrogen) atoms. The van der Waals surface area contributed by atoms with Crippen molar-refractivity contribution in [2.45, 2.75) is 0 Å². The van der Waals surface area contributed by atoms with Crippen molar-refractivity contribution in [3.8, 4) is 17.2 Å². The number of phenols is 1. The zero-order valence-corrected chi connectivity index (χ0v) is 9.91. The molecule has 0 bridgehead atoms. The Balaban J connectivity index is 3.03. The molecular weight excluding hydrogens is 240 g/mol. The Morgan fingerprint density at radius 3 is 2.33 bits per heavy atom. The van der Waals surface area contributed by atoms with E-state index in [1.807, 2.05) is 0 Å². The van der Waals surface area contributed by atoms with Gasteiger partial charge in [-0.15, -0.1) is 5.10 Å². The maximum atomic E-state index is 9.68. The number of nitrogens with zero attached hydrogens (tertiary/aromatic N) is 2. The van der Waals surface area contributed by atoms with E-state index in [0.29, 0.717) is 5.56 Å². The maximum absolute atomic E-state index is 9.68. The molecule has 1 rings (SSSR count). The molecular formula is C10H14N4O4. The molecule has 0 atom stereocenters. The summed E-state index contributed by atoms with van der Waals surface area (Å²) in [5.41, 5.74) is 7.37. The molecule has 0 saturated heterocycles. The Morgan fingerprint density at radius 1 is 1.33 bits per heavy atom. The van der Waals surface area contributed by atoms with Crippen LogP contribution in [0.1, 0.15) is 5.56 Å². The third-order valence-electron chi connectivity index (χ3n) is 1.99. The van der Waals surface area contributed by atoms with E-state index in [-0.39, 0.29) is 23.2 Å². The van der Waals surface area contributed by atoms with Crippen molar-refractivity contribution in [2.75, 3.05) is 14.2 Å². The van der Waals surface area contributed by atoms with E-state index in [9.17, 15) is 5.11 Å². The van der Waals surface area contributed by atoms with Crippen LogP contribution < -0.4 is 20.7 Å². The number of benzene rings is 1. The molecule has 0 aliphatic rings. The zero-order chi connectivity index (χ0) is 13.5.